The molecule has 4 heteroatoms. The zero-order valence-corrected chi connectivity index (χ0v) is 7.79. The maximum Gasteiger partial charge on any atom is 0.317 e. The second kappa shape index (κ2) is 5.42. The Balaban J connectivity index is 3.80. The fraction of sp³-hybridized carbons (Fsp3) is 0.750. The summed E-state index contributed by atoms with van der Waals surface area (Å²) in [7, 11) is 1.68. The molecule has 0 saturated carbocycles. The Morgan fingerprint density at radius 2 is 2.33 bits per heavy atom. The topological polar surface area (TPSA) is 56.1 Å². The van der Waals surface area contributed by atoms with Crippen molar-refractivity contribution < 1.29 is 4.79 Å². The van der Waals surface area contributed by atoms with E-state index in [1.165, 1.54) is 4.90 Å². The lowest BCUT2D eigenvalue weighted by atomic mass is 10.2. The Bertz CT molecular complexity index is 185. The highest BCUT2D eigenvalue weighted by molar-refractivity contribution is 5.73. The summed E-state index contributed by atoms with van der Waals surface area (Å²) in [6.07, 6.45) is 0. The van der Waals surface area contributed by atoms with E-state index in [0.717, 1.165) is 0 Å². The van der Waals surface area contributed by atoms with Crippen LogP contribution in [0.2, 0.25) is 0 Å². The van der Waals surface area contributed by atoms with Crippen LogP contribution in [0.15, 0.2) is 0 Å². The largest absolute Gasteiger partial charge is 0.338 e. The van der Waals surface area contributed by atoms with Crippen LogP contribution in [0.3, 0.4) is 0 Å². The van der Waals surface area contributed by atoms with Crippen molar-refractivity contribution in [3.8, 4) is 6.07 Å². The normalized spacial score (nSPS) is 11.5. The van der Waals surface area contributed by atoms with E-state index < -0.39 is 0 Å². The van der Waals surface area contributed by atoms with Crippen molar-refractivity contribution >= 4 is 6.03 Å². The first kappa shape index (κ1) is 10.8. The second-order valence-corrected chi connectivity index (χ2v) is 2.75. The van der Waals surface area contributed by atoms with Gasteiger partial charge >= 0.3 is 6.03 Å². The molecule has 0 aliphatic rings. The Morgan fingerprint density at radius 3 is 2.75 bits per heavy atom. The van der Waals surface area contributed by atoms with Gasteiger partial charge < -0.3 is 10.2 Å². The first-order valence-corrected chi connectivity index (χ1v) is 4.00. The zero-order valence-electron chi connectivity index (χ0n) is 7.79. The Labute approximate surface area is 73.2 Å². The zero-order chi connectivity index (χ0) is 9.56. The minimum atomic E-state index is -0.125. The summed E-state index contributed by atoms with van der Waals surface area (Å²) >= 11 is 0. The van der Waals surface area contributed by atoms with E-state index in [0.29, 0.717) is 13.1 Å². The summed E-state index contributed by atoms with van der Waals surface area (Å²) < 4.78 is 0. The summed E-state index contributed by atoms with van der Waals surface area (Å²) in [6.45, 7) is 4.74. The van der Waals surface area contributed by atoms with Crippen LogP contribution < -0.4 is 5.32 Å². The van der Waals surface area contributed by atoms with E-state index in [1.54, 1.807) is 14.0 Å². The lowest BCUT2D eigenvalue weighted by Crippen LogP contribution is -2.39. The molecular weight excluding hydrogens is 154 g/mol. The van der Waals surface area contributed by atoms with Crippen LogP contribution in [0, 0.1) is 17.2 Å². The number of hydrogen-bond donors (Lipinski definition) is 1. The van der Waals surface area contributed by atoms with Crippen LogP contribution in [0.25, 0.3) is 0 Å². The third kappa shape index (κ3) is 3.81. The number of nitriles is 1. The molecule has 1 N–H and O–H groups in total. The van der Waals surface area contributed by atoms with E-state index in [9.17, 15) is 4.79 Å². The fourth-order valence-electron chi connectivity index (χ4n) is 0.821. The van der Waals surface area contributed by atoms with Gasteiger partial charge in [-0.25, -0.2) is 4.79 Å². The second-order valence-electron chi connectivity index (χ2n) is 2.75. The molecule has 0 fully saturated rings. The minimum absolute atomic E-state index is 0.113. The quantitative estimate of drug-likeness (QED) is 0.679. The van der Waals surface area contributed by atoms with Crippen LogP contribution in [-0.2, 0) is 0 Å². The molecule has 2 amide bonds. The average molecular weight is 169 g/mol. The predicted octanol–water partition coefficient (Wildman–Crippen LogP) is 0.807. The molecule has 0 aliphatic heterocycles. The first-order valence-electron chi connectivity index (χ1n) is 4.00. The maximum absolute atomic E-state index is 11.1. The smallest absolute Gasteiger partial charge is 0.317 e. The minimum Gasteiger partial charge on any atom is -0.338 e. The third-order valence-corrected chi connectivity index (χ3v) is 1.44. The Hall–Kier alpha value is -1.24. The van der Waals surface area contributed by atoms with E-state index in [2.05, 4.69) is 11.4 Å². The number of nitrogens with zero attached hydrogens (tertiary/aromatic N) is 2. The molecule has 0 heterocycles. The molecule has 0 radical (unpaired) electrons. The SMILES string of the molecule is CCNC(=O)N(C)CC(C)C#N. The molecule has 0 aromatic heterocycles. The molecular formula is C8H15N3O. The van der Waals surface area contributed by atoms with Crippen LogP contribution in [0.5, 0.6) is 0 Å². The van der Waals surface area contributed by atoms with Crippen LogP contribution in [-0.4, -0.2) is 31.1 Å². The lowest BCUT2D eigenvalue weighted by molar-refractivity contribution is 0.206. The Kier molecular flexibility index (Phi) is 4.86. The molecule has 0 aromatic rings. The van der Waals surface area contributed by atoms with Gasteiger partial charge in [0.25, 0.3) is 0 Å². The highest BCUT2D eigenvalue weighted by atomic mass is 16.2. The van der Waals surface area contributed by atoms with Gasteiger partial charge in [0.15, 0.2) is 0 Å². The molecule has 0 aromatic carbocycles. The number of carbonyl (C=O) groups excluding carboxylic acids is 1. The van der Waals surface area contributed by atoms with Gasteiger partial charge in [-0.15, -0.1) is 0 Å². The molecule has 1 unspecified atom stereocenters. The number of nitrogens with one attached hydrogen (secondary N) is 1. The lowest BCUT2D eigenvalue weighted by Gasteiger charge is -2.17. The van der Waals surface area contributed by atoms with Gasteiger partial charge in [0.1, 0.15) is 0 Å². The number of rotatable bonds is 3. The van der Waals surface area contributed by atoms with Crippen molar-refractivity contribution in [2.75, 3.05) is 20.1 Å². The molecule has 0 spiro atoms. The molecule has 1 atom stereocenters. The summed E-state index contributed by atoms with van der Waals surface area (Å²) in [5.41, 5.74) is 0. The first-order chi connectivity index (χ1) is 5.61. The summed E-state index contributed by atoms with van der Waals surface area (Å²) in [5.74, 6) is -0.113. The van der Waals surface area contributed by atoms with Crippen molar-refractivity contribution in [2.45, 2.75) is 13.8 Å². The fourth-order valence-corrected chi connectivity index (χ4v) is 0.821. The van der Waals surface area contributed by atoms with Gasteiger partial charge in [0.05, 0.1) is 12.0 Å². The van der Waals surface area contributed by atoms with Gasteiger partial charge in [-0.05, 0) is 13.8 Å². The van der Waals surface area contributed by atoms with Crippen LogP contribution >= 0.6 is 0 Å². The highest BCUT2D eigenvalue weighted by Gasteiger charge is 2.09. The van der Waals surface area contributed by atoms with Gasteiger partial charge in [0, 0.05) is 20.1 Å². The third-order valence-electron chi connectivity index (χ3n) is 1.44. The highest BCUT2D eigenvalue weighted by Crippen LogP contribution is 1.95. The Morgan fingerprint density at radius 1 is 1.75 bits per heavy atom. The number of urea groups is 1. The summed E-state index contributed by atoms with van der Waals surface area (Å²) in [4.78, 5) is 12.6. The standard InChI is InChI=1S/C8H15N3O/c1-4-10-8(12)11(3)6-7(2)5-9/h7H,4,6H2,1-3H3,(H,10,12). The number of carbonyl (C=O) groups is 1. The molecule has 0 saturated heterocycles. The molecule has 4 nitrogen and oxygen atoms in total. The van der Waals surface area contributed by atoms with Crippen molar-refractivity contribution in [1.29, 1.82) is 5.26 Å². The van der Waals surface area contributed by atoms with E-state index in [4.69, 9.17) is 5.26 Å². The van der Waals surface area contributed by atoms with E-state index >= 15 is 0 Å². The van der Waals surface area contributed by atoms with E-state index in [1.807, 2.05) is 6.92 Å². The molecule has 0 aliphatic carbocycles. The summed E-state index contributed by atoms with van der Waals surface area (Å²) in [5, 5.41) is 11.1. The van der Waals surface area contributed by atoms with Crippen LogP contribution in [0.4, 0.5) is 4.79 Å². The maximum atomic E-state index is 11.1. The van der Waals surface area contributed by atoms with Gasteiger partial charge in [-0.3, -0.25) is 0 Å². The number of hydrogen-bond acceptors (Lipinski definition) is 2. The van der Waals surface area contributed by atoms with Crippen molar-refractivity contribution in [3.63, 3.8) is 0 Å². The monoisotopic (exact) mass is 169 g/mol. The average Bonchev–Trinajstić information content (AvgIpc) is 2.04. The molecule has 12 heavy (non-hydrogen) atoms. The van der Waals surface area contributed by atoms with Crippen LogP contribution in [0.1, 0.15) is 13.8 Å². The number of amides is 2. The van der Waals surface area contributed by atoms with Crippen molar-refractivity contribution in [2.24, 2.45) is 5.92 Å². The predicted molar refractivity (Wildman–Crippen MR) is 46.5 cm³/mol. The van der Waals surface area contributed by atoms with Crippen molar-refractivity contribution in [3.05, 3.63) is 0 Å². The molecule has 0 bridgehead atoms. The molecule has 0 rings (SSSR count). The van der Waals surface area contributed by atoms with Crippen molar-refractivity contribution in [1.82, 2.24) is 10.2 Å². The molecule has 68 valence electrons. The van der Waals surface area contributed by atoms with Gasteiger partial charge in [-0.1, -0.05) is 0 Å². The van der Waals surface area contributed by atoms with E-state index in [-0.39, 0.29) is 11.9 Å². The van der Waals surface area contributed by atoms with Gasteiger partial charge in [-0.2, -0.15) is 5.26 Å². The van der Waals surface area contributed by atoms with Gasteiger partial charge in [0.2, 0.25) is 0 Å². The summed E-state index contributed by atoms with van der Waals surface area (Å²) in [6, 6.07) is 1.95.